The number of aromatic nitrogens is 2. The van der Waals surface area contributed by atoms with Crippen molar-refractivity contribution >= 4 is 11.6 Å². The number of rotatable bonds is 4. The van der Waals surface area contributed by atoms with E-state index in [0.717, 1.165) is 0 Å². The largest absolute Gasteiger partial charge is 0.396 e. The molecule has 0 aliphatic carbocycles. The summed E-state index contributed by atoms with van der Waals surface area (Å²) in [6.45, 7) is -0.0703. The zero-order valence-corrected chi connectivity index (χ0v) is 11.2. The lowest BCUT2D eigenvalue weighted by Gasteiger charge is -2.15. The van der Waals surface area contributed by atoms with Gasteiger partial charge in [0.05, 0.1) is 17.3 Å². The Balaban J connectivity index is 2.43. The highest BCUT2D eigenvalue weighted by Gasteiger charge is 2.16. The number of nitrogens with zero attached hydrogens (tertiary/aromatic N) is 3. The first-order chi connectivity index (χ1) is 9.65. The van der Waals surface area contributed by atoms with Gasteiger partial charge in [0.15, 0.2) is 0 Å². The van der Waals surface area contributed by atoms with Crippen LogP contribution in [0, 0.1) is 11.3 Å². The summed E-state index contributed by atoms with van der Waals surface area (Å²) in [4.78, 5) is 7.73. The molecular formula is C14H12ClN3O2. The lowest BCUT2D eigenvalue weighted by atomic mass is 9.96. The Morgan fingerprint density at radius 1 is 1.35 bits per heavy atom. The third kappa shape index (κ3) is 3.11. The summed E-state index contributed by atoms with van der Waals surface area (Å²) in [6.07, 6.45) is 0.828. The Kier molecular flexibility index (Phi) is 4.64. The molecule has 0 aliphatic heterocycles. The highest BCUT2D eigenvalue weighted by molar-refractivity contribution is 6.28. The van der Waals surface area contributed by atoms with Gasteiger partial charge in [-0.05, 0) is 47.3 Å². The molecule has 2 rings (SSSR count). The Hall–Kier alpha value is -2.00. The fraction of sp³-hybridized carbons (Fsp3) is 0.214. The molecule has 1 atom stereocenters. The van der Waals surface area contributed by atoms with Gasteiger partial charge in [0, 0.05) is 12.8 Å². The second-order valence-corrected chi connectivity index (χ2v) is 4.49. The van der Waals surface area contributed by atoms with E-state index in [-0.39, 0.29) is 11.9 Å². The van der Waals surface area contributed by atoms with Crippen LogP contribution in [0.5, 0.6) is 0 Å². The molecule has 2 N–H and O–H groups in total. The summed E-state index contributed by atoms with van der Waals surface area (Å²) in [7, 11) is 0. The van der Waals surface area contributed by atoms with Crippen LogP contribution in [0.15, 0.2) is 30.5 Å². The van der Waals surface area contributed by atoms with Crippen molar-refractivity contribution in [3.8, 4) is 6.07 Å². The molecule has 0 radical (unpaired) electrons. The molecular weight excluding hydrogens is 278 g/mol. The Bertz CT molecular complexity index is 655. The standard InChI is InChI=1S/C14H12ClN3O2/c15-14-17-5-3-12(18-14)13(20)11-2-1-9(8-16)7-10(11)4-6-19/h1-3,5,7,13,19-20H,4,6H2. The quantitative estimate of drug-likeness (QED) is 0.835. The lowest BCUT2D eigenvalue weighted by molar-refractivity contribution is 0.213. The van der Waals surface area contributed by atoms with Crippen molar-refractivity contribution in [3.05, 3.63) is 58.1 Å². The molecule has 20 heavy (non-hydrogen) atoms. The third-order valence-electron chi connectivity index (χ3n) is 2.88. The van der Waals surface area contributed by atoms with E-state index in [9.17, 15) is 5.11 Å². The number of aliphatic hydroxyl groups excluding tert-OH is 2. The van der Waals surface area contributed by atoms with Crippen LogP contribution in [0.3, 0.4) is 0 Å². The Labute approximate surface area is 121 Å². The lowest BCUT2D eigenvalue weighted by Crippen LogP contribution is -2.08. The van der Waals surface area contributed by atoms with Crippen LogP contribution >= 0.6 is 11.6 Å². The first-order valence-corrected chi connectivity index (χ1v) is 6.33. The number of aliphatic hydroxyl groups is 2. The summed E-state index contributed by atoms with van der Waals surface area (Å²) in [5, 5.41) is 28.4. The van der Waals surface area contributed by atoms with Crippen LogP contribution in [0.2, 0.25) is 5.28 Å². The van der Waals surface area contributed by atoms with E-state index in [4.69, 9.17) is 22.0 Å². The normalized spacial score (nSPS) is 11.9. The SMILES string of the molecule is N#Cc1ccc(C(O)c2ccnc(Cl)n2)c(CCO)c1. The van der Waals surface area contributed by atoms with E-state index >= 15 is 0 Å². The van der Waals surface area contributed by atoms with Gasteiger partial charge >= 0.3 is 0 Å². The number of benzene rings is 1. The van der Waals surface area contributed by atoms with Crippen molar-refractivity contribution in [2.45, 2.75) is 12.5 Å². The minimum atomic E-state index is -0.982. The number of nitriles is 1. The molecule has 6 heteroatoms. The molecule has 5 nitrogen and oxygen atoms in total. The van der Waals surface area contributed by atoms with Gasteiger partial charge in [0.2, 0.25) is 5.28 Å². The van der Waals surface area contributed by atoms with Crippen molar-refractivity contribution in [3.63, 3.8) is 0 Å². The Morgan fingerprint density at radius 3 is 2.80 bits per heavy atom. The van der Waals surface area contributed by atoms with E-state index in [1.165, 1.54) is 6.20 Å². The summed E-state index contributed by atoms with van der Waals surface area (Å²) < 4.78 is 0. The molecule has 1 heterocycles. The van der Waals surface area contributed by atoms with Crippen molar-refractivity contribution in [2.75, 3.05) is 6.61 Å². The third-order valence-corrected chi connectivity index (χ3v) is 3.06. The summed E-state index contributed by atoms with van der Waals surface area (Å²) >= 11 is 5.71. The van der Waals surface area contributed by atoms with Gasteiger partial charge in [-0.15, -0.1) is 0 Å². The van der Waals surface area contributed by atoms with Gasteiger partial charge in [-0.25, -0.2) is 9.97 Å². The fourth-order valence-corrected chi connectivity index (χ4v) is 2.09. The average Bonchev–Trinajstić information content (AvgIpc) is 2.47. The molecule has 0 fully saturated rings. The van der Waals surface area contributed by atoms with Crippen molar-refractivity contribution < 1.29 is 10.2 Å². The summed E-state index contributed by atoms with van der Waals surface area (Å²) in [6, 6.07) is 8.52. The Morgan fingerprint density at radius 2 is 2.15 bits per heavy atom. The van der Waals surface area contributed by atoms with Gasteiger partial charge in [-0.3, -0.25) is 0 Å². The van der Waals surface area contributed by atoms with Gasteiger partial charge in [-0.2, -0.15) is 5.26 Å². The molecule has 0 saturated heterocycles. The topological polar surface area (TPSA) is 90.0 Å². The van der Waals surface area contributed by atoms with E-state index in [1.807, 2.05) is 6.07 Å². The maximum atomic E-state index is 10.4. The van der Waals surface area contributed by atoms with Crippen molar-refractivity contribution in [2.24, 2.45) is 0 Å². The molecule has 0 spiro atoms. The highest BCUT2D eigenvalue weighted by atomic mass is 35.5. The highest BCUT2D eigenvalue weighted by Crippen LogP contribution is 2.25. The molecule has 0 aliphatic rings. The number of hydrogen-bond donors (Lipinski definition) is 2. The van der Waals surface area contributed by atoms with Crippen LogP contribution < -0.4 is 0 Å². The first-order valence-electron chi connectivity index (χ1n) is 5.96. The molecule has 0 amide bonds. The van der Waals surface area contributed by atoms with Crippen LogP contribution in [0.25, 0.3) is 0 Å². The van der Waals surface area contributed by atoms with Crippen LogP contribution in [0.4, 0.5) is 0 Å². The molecule has 0 bridgehead atoms. The molecule has 2 aromatic rings. The van der Waals surface area contributed by atoms with Crippen LogP contribution in [-0.2, 0) is 6.42 Å². The molecule has 0 saturated carbocycles. The second-order valence-electron chi connectivity index (χ2n) is 4.15. The predicted octanol–water partition coefficient (Wildman–Crippen LogP) is 1.62. The number of hydrogen-bond acceptors (Lipinski definition) is 5. The minimum Gasteiger partial charge on any atom is -0.396 e. The summed E-state index contributed by atoms with van der Waals surface area (Å²) in [5.41, 5.74) is 2.14. The van der Waals surface area contributed by atoms with E-state index in [0.29, 0.717) is 28.8 Å². The van der Waals surface area contributed by atoms with E-state index in [2.05, 4.69) is 9.97 Å². The first kappa shape index (κ1) is 14.4. The van der Waals surface area contributed by atoms with E-state index < -0.39 is 6.10 Å². The zero-order chi connectivity index (χ0) is 14.5. The monoisotopic (exact) mass is 289 g/mol. The van der Waals surface area contributed by atoms with Crippen molar-refractivity contribution in [1.82, 2.24) is 9.97 Å². The second kappa shape index (κ2) is 6.44. The molecule has 1 aromatic carbocycles. The van der Waals surface area contributed by atoms with Gasteiger partial charge in [-0.1, -0.05) is 6.07 Å². The van der Waals surface area contributed by atoms with Gasteiger partial charge in [0.1, 0.15) is 6.10 Å². The maximum absolute atomic E-state index is 10.4. The molecule has 1 aromatic heterocycles. The summed E-state index contributed by atoms with van der Waals surface area (Å²) in [5.74, 6) is 0. The number of halogens is 1. The van der Waals surface area contributed by atoms with Gasteiger partial charge in [0.25, 0.3) is 0 Å². The van der Waals surface area contributed by atoms with Crippen LogP contribution in [0.1, 0.15) is 28.5 Å². The maximum Gasteiger partial charge on any atom is 0.222 e. The van der Waals surface area contributed by atoms with E-state index in [1.54, 1.807) is 24.3 Å². The molecule has 102 valence electrons. The van der Waals surface area contributed by atoms with Gasteiger partial charge < -0.3 is 10.2 Å². The minimum absolute atomic E-state index is 0.0545. The fourth-order valence-electron chi connectivity index (χ4n) is 1.94. The smallest absolute Gasteiger partial charge is 0.222 e. The van der Waals surface area contributed by atoms with Crippen LogP contribution in [-0.4, -0.2) is 26.8 Å². The van der Waals surface area contributed by atoms with Crippen molar-refractivity contribution in [1.29, 1.82) is 5.26 Å². The zero-order valence-electron chi connectivity index (χ0n) is 10.5. The predicted molar refractivity (Wildman–Crippen MR) is 73.1 cm³/mol. The molecule has 1 unspecified atom stereocenters. The average molecular weight is 290 g/mol.